The summed E-state index contributed by atoms with van der Waals surface area (Å²) >= 11 is 1.35. The lowest BCUT2D eigenvalue weighted by Gasteiger charge is -2.19. The van der Waals surface area contributed by atoms with Crippen LogP contribution in [0.15, 0.2) is 12.2 Å². The van der Waals surface area contributed by atoms with Gasteiger partial charge in [0.25, 0.3) is 0 Å². The molecule has 0 unspecified atom stereocenters. The fourth-order valence-electron chi connectivity index (χ4n) is 2.26. The summed E-state index contributed by atoms with van der Waals surface area (Å²) in [5.41, 5.74) is 1.91. The summed E-state index contributed by atoms with van der Waals surface area (Å²) in [5.74, 6) is 1.18. The number of aromatic nitrogens is 2. The Morgan fingerprint density at radius 1 is 1.38 bits per heavy atom. The summed E-state index contributed by atoms with van der Waals surface area (Å²) in [6, 6.07) is 0. The van der Waals surface area contributed by atoms with Gasteiger partial charge in [-0.1, -0.05) is 12.2 Å². The van der Waals surface area contributed by atoms with E-state index in [9.17, 15) is 4.79 Å². The molecule has 6 heteroatoms. The predicted octanol–water partition coefficient (Wildman–Crippen LogP) is 3.11. The molecule has 2 aromatic heterocycles. The van der Waals surface area contributed by atoms with Gasteiger partial charge in [-0.3, -0.25) is 0 Å². The highest BCUT2D eigenvalue weighted by atomic mass is 32.1. The van der Waals surface area contributed by atoms with Gasteiger partial charge in [0.05, 0.1) is 12.5 Å². The number of carbonyl (C=O) groups excluding carboxylic acids is 1. The summed E-state index contributed by atoms with van der Waals surface area (Å²) in [5, 5.41) is 0.912. The van der Waals surface area contributed by atoms with Crippen LogP contribution in [0.3, 0.4) is 0 Å². The first-order chi connectivity index (χ1) is 9.85. The van der Waals surface area contributed by atoms with Crippen molar-refractivity contribution in [1.29, 1.82) is 0 Å². The van der Waals surface area contributed by atoms with E-state index in [2.05, 4.69) is 16.5 Å². The Morgan fingerprint density at radius 2 is 2.05 bits per heavy atom. The van der Waals surface area contributed by atoms with Crippen molar-refractivity contribution in [3.8, 4) is 0 Å². The number of hydrogen-bond donors (Lipinski definition) is 0. The highest BCUT2D eigenvalue weighted by Gasteiger charge is 2.21. The van der Waals surface area contributed by atoms with Crippen LogP contribution < -0.4 is 4.90 Å². The van der Waals surface area contributed by atoms with Gasteiger partial charge < -0.3 is 9.64 Å². The van der Waals surface area contributed by atoms with Crippen molar-refractivity contribution in [1.82, 2.24) is 9.97 Å². The largest absolute Gasteiger partial charge is 0.465 e. The van der Waals surface area contributed by atoms with Gasteiger partial charge in [0.15, 0.2) is 0 Å². The number of carbonyl (C=O) groups is 1. The third-order valence-electron chi connectivity index (χ3n) is 3.12. The molecule has 0 saturated carbocycles. The summed E-state index contributed by atoms with van der Waals surface area (Å²) in [4.78, 5) is 24.3. The maximum atomic E-state index is 11.9. The molecule has 0 bridgehead atoms. The van der Waals surface area contributed by atoms with E-state index >= 15 is 0 Å². The van der Waals surface area contributed by atoms with Gasteiger partial charge in [-0.25, -0.2) is 14.8 Å². The van der Waals surface area contributed by atoms with Crippen molar-refractivity contribution < 1.29 is 9.53 Å². The molecule has 2 heterocycles. The zero-order chi connectivity index (χ0) is 15.7. The van der Waals surface area contributed by atoms with Gasteiger partial charge in [0, 0.05) is 13.6 Å². The lowest BCUT2D eigenvalue weighted by Crippen LogP contribution is -2.21. The molecular formula is C15H19N3O2S. The second kappa shape index (κ2) is 5.81. The molecule has 0 aliphatic heterocycles. The number of ether oxygens (including phenoxy) is 1. The number of anilines is 1. The normalized spacial score (nSPS) is 10.7. The lowest BCUT2D eigenvalue weighted by atomic mass is 10.2. The van der Waals surface area contributed by atoms with Crippen LogP contribution in [0.1, 0.15) is 28.0 Å². The molecule has 0 aliphatic rings. The molecule has 0 amide bonds. The van der Waals surface area contributed by atoms with Gasteiger partial charge in [0.2, 0.25) is 0 Å². The van der Waals surface area contributed by atoms with Crippen molar-refractivity contribution in [3.63, 3.8) is 0 Å². The Morgan fingerprint density at radius 3 is 2.62 bits per heavy atom. The Bertz CT molecular complexity index is 721. The highest BCUT2D eigenvalue weighted by Crippen LogP contribution is 2.35. The molecule has 2 rings (SSSR count). The number of methoxy groups -OCH3 is 1. The number of fused-ring (bicyclic) bond motifs is 1. The molecule has 5 nitrogen and oxygen atoms in total. The van der Waals surface area contributed by atoms with E-state index < -0.39 is 0 Å². The Labute approximate surface area is 128 Å². The minimum Gasteiger partial charge on any atom is -0.465 e. The topological polar surface area (TPSA) is 55.3 Å². The quantitative estimate of drug-likeness (QED) is 0.642. The Balaban J connectivity index is 2.67. The number of aryl methyl sites for hydroxylation is 2. The Kier molecular flexibility index (Phi) is 4.27. The van der Waals surface area contributed by atoms with Crippen LogP contribution in [0.25, 0.3) is 10.2 Å². The molecule has 0 N–H and O–H groups in total. The van der Waals surface area contributed by atoms with E-state index in [1.165, 1.54) is 18.4 Å². The molecule has 0 fully saturated rings. The first kappa shape index (κ1) is 15.4. The van der Waals surface area contributed by atoms with E-state index in [1.807, 2.05) is 32.7 Å². The monoisotopic (exact) mass is 305 g/mol. The predicted molar refractivity (Wildman–Crippen MR) is 86.3 cm³/mol. The zero-order valence-electron chi connectivity index (χ0n) is 13.0. The summed E-state index contributed by atoms with van der Waals surface area (Å²) in [6.45, 7) is 10.4. The molecule has 112 valence electrons. The average Bonchev–Trinajstić information content (AvgIpc) is 2.73. The molecule has 0 saturated heterocycles. The van der Waals surface area contributed by atoms with E-state index in [0.717, 1.165) is 27.2 Å². The minimum atomic E-state index is -0.332. The minimum absolute atomic E-state index is 0.332. The number of thiophene rings is 1. The number of likely N-dealkylation sites (N-methyl/N-ethyl adjacent to an activating group) is 1. The fraction of sp³-hybridized carbons (Fsp3) is 0.400. The van der Waals surface area contributed by atoms with Crippen LogP contribution in [0, 0.1) is 13.8 Å². The maximum absolute atomic E-state index is 11.9. The first-order valence-corrected chi connectivity index (χ1v) is 7.38. The van der Waals surface area contributed by atoms with Crippen LogP contribution in [0.5, 0.6) is 0 Å². The SMILES string of the molecule is C=C(C)CN(C)c1nc(C)nc2sc(C(=O)OC)c(C)c12. The molecule has 0 aliphatic carbocycles. The zero-order valence-corrected chi connectivity index (χ0v) is 13.8. The highest BCUT2D eigenvalue weighted by molar-refractivity contribution is 7.20. The molecule has 0 radical (unpaired) electrons. The van der Waals surface area contributed by atoms with Gasteiger partial charge in [-0.05, 0) is 26.3 Å². The van der Waals surface area contributed by atoms with Gasteiger partial charge in [-0.2, -0.15) is 0 Å². The van der Waals surface area contributed by atoms with E-state index in [4.69, 9.17) is 4.74 Å². The smallest absolute Gasteiger partial charge is 0.348 e. The molecular weight excluding hydrogens is 286 g/mol. The van der Waals surface area contributed by atoms with Gasteiger partial charge in [0.1, 0.15) is 21.3 Å². The van der Waals surface area contributed by atoms with Gasteiger partial charge in [-0.15, -0.1) is 11.3 Å². The van der Waals surface area contributed by atoms with Crippen molar-refractivity contribution in [2.45, 2.75) is 20.8 Å². The van der Waals surface area contributed by atoms with Crippen molar-refractivity contribution in [2.75, 3.05) is 25.6 Å². The van der Waals surface area contributed by atoms with Crippen LogP contribution in [-0.4, -0.2) is 36.6 Å². The fourth-order valence-corrected chi connectivity index (χ4v) is 3.40. The van der Waals surface area contributed by atoms with E-state index in [1.54, 1.807) is 0 Å². The number of nitrogens with zero attached hydrogens (tertiary/aromatic N) is 3. The van der Waals surface area contributed by atoms with Gasteiger partial charge >= 0.3 is 5.97 Å². The number of rotatable bonds is 4. The second-order valence-corrected chi connectivity index (χ2v) is 6.13. The summed E-state index contributed by atoms with van der Waals surface area (Å²) in [6.07, 6.45) is 0. The third-order valence-corrected chi connectivity index (χ3v) is 4.29. The first-order valence-electron chi connectivity index (χ1n) is 6.56. The van der Waals surface area contributed by atoms with Crippen LogP contribution in [0.4, 0.5) is 5.82 Å². The number of hydrogen-bond acceptors (Lipinski definition) is 6. The van der Waals surface area contributed by atoms with Crippen molar-refractivity contribution in [3.05, 3.63) is 28.4 Å². The summed E-state index contributed by atoms with van der Waals surface area (Å²) < 4.78 is 4.84. The molecule has 0 atom stereocenters. The van der Waals surface area contributed by atoms with E-state index in [-0.39, 0.29) is 5.97 Å². The van der Waals surface area contributed by atoms with Crippen LogP contribution >= 0.6 is 11.3 Å². The molecule has 0 spiro atoms. The maximum Gasteiger partial charge on any atom is 0.348 e. The van der Waals surface area contributed by atoms with Crippen LogP contribution in [0.2, 0.25) is 0 Å². The molecule has 21 heavy (non-hydrogen) atoms. The lowest BCUT2D eigenvalue weighted by molar-refractivity contribution is 0.0605. The average molecular weight is 305 g/mol. The molecule has 0 aromatic carbocycles. The number of esters is 1. The second-order valence-electron chi connectivity index (χ2n) is 5.14. The van der Waals surface area contributed by atoms with Crippen molar-refractivity contribution in [2.24, 2.45) is 0 Å². The third kappa shape index (κ3) is 2.90. The van der Waals surface area contributed by atoms with Crippen molar-refractivity contribution >= 4 is 33.3 Å². The summed E-state index contributed by atoms with van der Waals surface area (Å²) in [7, 11) is 3.35. The standard InChI is InChI=1S/C15H19N3O2S/c1-8(2)7-18(5)13-11-9(3)12(15(19)20-6)21-14(11)17-10(4)16-13/h1,7H2,2-6H3. The Hall–Kier alpha value is -1.95. The van der Waals surface area contributed by atoms with E-state index in [0.29, 0.717) is 17.2 Å². The van der Waals surface area contributed by atoms with Crippen LogP contribution in [-0.2, 0) is 4.74 Å². The molecule has 2 aromatic rings.